The molecule has 0 aliphatic carbocycles. The van der Waals surface area contributed by atoms with Gasteiger partial charge >= 0.3 is 0 Å². The highest BCUT2D eigenvalue weighted by atomic mass is 79.9. The summed E-state index contributed by atoms with van der Waals surface area (Å²) in [5.74, 6) is 0.818. The maximum atomic E-state index is 5.37. The molecule has 0 aliphatic rings. The van der Waals surface area contributed by atoms with Crippen LogP contribution in [0.3, 0.4) is 0 Å². The molecule has 1 aromatic carbocycles. The van der Waals surface area contributed by atoms with E-state index in [0.29, 0.717) is 6.54 Å². The van der Waals surface area contributed by atoms with Gasteiger partial charge in [0, 0.05) is 29.0 Å². The number of aromatic nitrogens is 2. The van der Waals surface area contributed by atoms with E-state index in [1.54, 1.807) is 19.5 Å². The SMILES string of the molecule is COc1cc(Br)cc(C)c1NCc1cncnc1. The van der Waals surface area contributed by atoms with Gasteiger partial charge in [-0.3, -0.25) is 0 Å². The summed E-state index contributed by atoms with van der Waals surface area (Å²) in [6, 6.07) is 3.99. The number of ether oxygens (including phenoxy) is 1. The maximum Gasteiger partial charge on any atom is 0.143 e. The molecule has 0 radical (unpaired) electrons. The highest BCUT2D eigenvalue weighted by Crippen LogP contribution is 2.32. The van der Waals surface area contributed by atoms with Crippen molar-refractivity contribution in [3.63, 3.8) is 0 Å². The van der Waals surface area contributed by atoms with Crippen molar-refractivity contribution in [1.29, 1.82) is 0 Å². The molecule has 18 heavy (non-hydrogen) atoms. The molecule has 0 saturated heterocycles. The second kappa shape index (κ2) is 5.82. The van der Waals surface area contributed by atoms with E-state index >= 15 is 0 Å². The third-order valence-corrected chi connectivity index (χ3v) is 3.03. The van der Waals surface area contributed by atoms with Gasteiger partial charge in [-0.2, -0.15) is 0 Å². The van der Waals surface area contributed by atoms with E-state index in [4.69, 9.17) is 4.74 Å². The largest absolute Gasteiger partial charge is 0.495 e. The summed E-state index contributed by atoms with van der Waals surface area (Å²) in [6.45, 7) is 2.71. The van der Waals surface area contributed by atoms with Crippen LogP contribution in [0.15, 0.2) is 35.3 Å². The molecule has 0 atom stereocenters. The highest BCUT2D eigenvalue weighted by Gasteiger charge is 2.07. The lowest BCUT2D eigenvalue weighted by Gasteiger charge is -2.14. The molecule has 0 unspecified atom stereocenters. The lowest BCUT2D eigenvalue weighted by Crippen LogP contribution is -2.04. The van der Waals surface area contributed by atoms with Crippen molar-refractivity contribution < 1.29 is 4.74 Å². The van der Waals surface area contributed by atoms with Crippen molar-refractivity contribution in [2.75, 3.05) is 12.4 Å². The van der Waals surface area contributed by atoms with Crippen LogP contribution >= 0.6 is 15.9 Å². The minimum Gasteiger partial charge on any atom is -0.495 e. The molecule has 94 valence electrons. The Balaban J connectivity index is 2.19. The van der Waals surface area contributed by atoms with Crippen LogP contribution in [0.5, 0.6) is 5.75 Å². The van der Waals surface area contributed by atoms with Crippen LogP contribution in [-0.4, -0.2) is 17.1 Å². The summed E-state index contributed by atoms with van der Waals surface area (Å²) >= 11 is 3.46. The lowest BCUT2D eigenvalue weighted by atomic mass is 10.2. The number of nitrogens with zero attached hydrogens (tertiary/aromatic N) is 2. The first-order valence-corrected chi connectivity index (χ1v) is 6.32. The van der Waals surface area contributed by atoms with Gasteiger partial charge < -0.3 is 10.1 Å². The minimum atomic E-state index is 0.666. The summed E-state index contributed by atoms with van der Waals surface area (Å²) in [7, 11) is 1.66. The third kappa shape index (κ3) is 2.98. The number of methoxy groups -OCH3 is 1. The molecule has 0 saturated carbocycles. The van der Waals surface area contributed by atoms with Crippen LogP contribution in [0.25, 0.3) is 0 Å². The molecule has 1 heterocycles. The van der Waals surface area contributed by atoms with Gasteiger partial charge in [0.25, 0.3) is 0 Å². The van der Waals surface area contributed by atoms with Crippen molar-refractivity contribution >= 4 is 21.6 Å². The number of rotatable bonds is 4. The second-order valence-corrected chi connectivity index (χ2v) is 4.82. The van der Waals surface area contributed by atoms with Crippen molar-refractivity contribution in [3.05, 3.63) is 46.5 Å². The van der Waals surface area contributed by atoms with Gasteiger partial charge in [0.15, 0.2) is 0 Å². The van der Waals surface area contributed by atoms with Crippen molar-refractivity contribution in [3.8, 4) is 5.75 Å². The van der Waals surface area contributed by atoms with Crippen LogP contribution in [0, 0.1) is 6.92 Å². The average molecular weight is 308 g/mol. The van der Waals surface area contributed by atoms with E-state index in [1.807, 2.05) is 19.1 Å². The lowest BCUT2D eigenvalue weighted by molar-refractivity contribution is 0.416. The monoisotopic (exact) mass is 307 g/mol. The van der Waals surface area contributed by atoms with E-state index in [-0.39, 0.29) is 0 Å². The Morgan fingerprint density at radius 2 is 2.00 bits per heavy atom. The Hall–Kier alpha value is -1.62. The Morgan fingerprint density at radius 1 is 1.28 bits per heavy atom. The van der Waals surface area contributed by atoms with Crippen molar-refractivity contribution in [1.82, 2.24) is 9.97 Å². The molecule has 4 nitrogen and oxygen atoms in total. The predicted molar refractivity (Wildman–Crippen MR) is 74.8 cm³/mol. The number of hydrogen-bond donors (Lipinski definition) is 1. The van der Waals surface area contributed by atoms with E-state index in [2.05, 4.69) is 31.2 Å². The first-order chi connectivity index (χ1) is 8.70. The highest BCUT2D eigenvalue weighted by molar-refractivity contribution is 9.10. The molecule has 0 aliphatic heterocycles. The summed E-state index contributed by atoms with van der Waals surface area (Å²) in [6.07, 6.45) is 5.11. The Kier molecular flexibility index (Phi) is 4.15. The molecule has 1 aromatic heterocycles. The molecular formula is C13H14BrN3O. The molecule has 0 spiro atoms. The van der Waals surface area contributed by atoms with Crippen LogP contribution in [0.1, 0.15) is 11.1 Å². The third-order valence-electron chi connectivity index (χ3n) is 2.57. The first-order valence-electron chi connectivity index (χ1n) is 5.52. The van der Waals surface area contributed by atoms with Gasteiger partial charge in [0.2, 0.25) is 0 Å². The number of hydrogen-bond acceptors (Lipinski definition) is 4. The van der Waals surface area contributed by atoms with Crippen LogP contribution in [-0.2, 0) is 6.54 Å². The maximum absolute atomic E-state index is 5.37. The van der Waals surface area contributed by atoms with Gasteiger partial charge in [0.05, 0.1) is 12.8 Å². The summed E-state index contributed by atoms with van der Waals surface area (Å²) in [5, 5.41) is 3.35. The fourth-order valence-corrected chi connectivity index (χ4v) is 2.26. The molecule has 5 heteroatoms. The summed E-state index contributed by atoms with van der Waals surface area (Å²) in [5.41, 5.74) is 3.14. The Labute approximate surface area is 115 Å². The minimum absolute atomic E-state index is 0.666. The van der Waals surface area contributed by atoms with Gasteiger partial charge in [-0.1, -0.05) is 15.9 Å². The molecule has 2 rings (SSSR count). The molecule has 0 amide bonds. The zero-order valence-corrected chi connectivity index (χ0v) is 11.9. The van der Waals surface area contributed by atoms with Crippen LogP contribution < -0.4 is 10.1 Å². The number of nitrogens with one attached hydrogen (secondary N) is 1. The zero-order valence-electron chi connectivity index (χ0n) is 10.3. The van der Waals surface area contributed by atoms with Crippen molar-refractivity contribution in [2.45, 2.75) is 13.5 Å². The fraction of sp³-hybridized carbons (Fsp3) is 0.231. The molecule has 0 fully saturated rings. The van der Waals surface area contributed by atoms with E-state index < -0.39 is 0 Å². The predicted octanol–water partition coefficient (Wildman–Crippen LogP) is 3.17. The number of anilines is 1. The molecular weight excluding hydrogens is 294 g/mol. The number of benzene rings is 1. The van der Waals surface area contributed by atoms with Crippen molar-refractivity contribution in [2.24, 2.45) is 0 Å². The Morgan fingerprint density at radius 3 is 2.67 bits per heavy atom. The van der Waals surface area contributed by atoms with E-state index in [0.717, 1.165) is 27.0 Å². The smallest absolute Gasteiger partial charge is 0.143 e. The number of halogens is 1. The summed E-state index contributed by atoms with van der Waals surface area (Å²) < 4.78 is 6.38. The molecule has 1 N–H and O–H groups in total. The topological polar surface area (TPSA) is 47.0 Å². The van der Waals surface area contributed by atoms with Gasteiger partial charge in [-0.25, -0.2) is 9.97 Å². The van der Waals surface area contributed by atoms with Gasteiger partial charge in [-0.15, -0.1) is 0 Å². The second-order valence-electron chi connectivity index (χ2n) is 3.90. The number of aryl methyl sites for hydroxylation is 1. The van der Waals surface area contributed by atoms with Crippen LogP contribution in [0.2, 0.25) is 0 Å². The van der Waals surface area contributed by atoms with Gasteiger partial charge in [-0.05, 0) is 24.6 Å². The van der Waals surface area contributed by atoms with Crippen LogP contribution in [0.4, 0.5) is 5.69 Å². The van der Waals surface area contributed by atoms with Gasteiger partial charge in [0.1, 0.15) is 12.1 Å². The zero-order chi connectivity index (χ0) is 13.0. The Bertz CT molecular complexity index is 531. The normalized spacial score (nSPS) is 10.2. The fourth-order valence-electron chi connectivity index (χ4n) is 1.71. The quantitative estimate of drug-likeness (QED) is 0.942. The average Bonchev–Trinajstić information content (AvgIpc) is 2.38. The van der Waals surface area contributed by atoms with E-state index in [9.17, 15) is 0 Å². The summed E-state index contributed by atoms with van der Waals surface area (Å²) in [4.78, 5) is 7.97. The molecule has 2 aromatic rings. The van der Waals surface area contributed by atoms with E-state index in [1.165, 1.54) is 6.33 Å². The first kappa shape index (κ1) is 12.8. The molecule has 0 bridgehead atoms. The standard InChI is InChI=1S/C13H14BrN3O/c1-9-3-11(14)4-12(18-2)13(9)17-7-10-5-15-8-16-6-10/h3-6,8,17H,7H2,1-2H3.